The first kappa shape index (κ1) is 24.3. The van der Waals surface area contributed by atoms with Crippen LogP contribution < -0.4 is 9.47 Å². The van der Waals surface area contributed by atoms with Crippen LogP contribution >= 0.6 is 0 Å². The lowest BCUT2D eigenvalue weighted by molar-refractivity contribution is -0.139. The van der Waals surface area contributed by atoms with Crippen LogP contribution in [0.1, 0.15) is 36.1 Å². The second-order valence-electron chi connectivity index (χ2n) is 8.36. The Balaban J connectivity index is 2.12. The number of methoxy groups -OCH3 is 1. The molecule has 0 spiro atoms. The minimum Gasteiger partial charge on any atom is -0.507 e. The van der Waals surface area contributed by atoms with E-state index in [-0.39, 0.29) is 11.3 Å². The highest BCUT2D eigenvalue weighted by atomic mass is 16.5. The van der Waals surface area contributed by atoms with Crippen molar-refractivity contribution >= 4 is 17.4 Å². The Morgan fingerprint density at radius 1 is 1.09 bits per heavy atom. The Morgan fingerprint density at radius 2 is 1.79 bits per heavy atom. The molecule has 3 rings (SSSR count). The standard InChI is InChI=1S/C26H32N2O5/c1-6-33-20-13-12-19(16-21(20)32-5)23-22(24(29)18-10-8-17(2)9-11-18)25(30)26(31)28(23)15-7-14-27(3)4/h8-13,16,23,29H,6-7,14-15H2,1-5H3/b24-22+/t23-/m1/s1. The zero-order valence-corrected chi connectivity index (χ0v) is 19.9. The van der Waals surface area contributed by atoms with Crippen LogP contribution in [0.5, 0.6) is 11.5 Å². The van der Waals surface area contributed by atoms with Gasteiger partial charge in [-0.2, -0.15) is 0 Å². The first-order valence-corrected chi connectivity index (χ1v) is 11.1. The number of aliphatic hydroxyl groups is 1. The lowest BCUT2D eigenvalue weighted by atomic mass is 9.94. The second-order valence-corrected chi connectivity index (χ2v) is 8.36. The van der Waals surface area contributed by atoms with Gasteiger partial charge in [0.25, 0.3) is 11.7 Å². The molecule has 1 aliphatic heterocycles. The van der Waals surface area contributed by atoms with Crippen LogP contribution in [-0.4, -0.2) is 67.5 Å². The first-order valence-electron chi connectivity index (χ1n) is 11.1. The fourth-order valence-electron chi connectivity index (χ4n) is 4.01. The molecular weight excluding hydrogens is 420 g/mol. The molecule has 1 heterocycles. The van der Waals surface area contributed by atoms with Gasteiger partial charge in [-0.05, 0) is 58.6 Å². The molecule has 2 aromatic carbocycles. The molecular formula is C26H32N2O5. The first-order chi connectivity index (χ1) is 15.8. The third-order valence-electron chi connectivity index (χ3n) is 5.67. The number of hydrogen-bond acceptors (Lipinski definition) is 6. The number of amides is 1. The molecule has 0 bridgehead atoms. The Hall–Kier alpha value is -3.32. The molecule has 176 valence electrons. The third kappa shape index (κ3) is 5.20. The minimum atomic E-state index is -0.724. The summed E-state index contributed by atoms with van der Waals surface area (Å²) in [6.07, 6.45) is 0.690. The van der Waals surface area contributed by atoms with Gasteiger partial charge in [-0.25, -0.2) is 0 Å². The Morgan fingerprint density at radius 3 is 2.39 bits per heavy atom. The molecule has 0 saturated carbocycles. The Bertz CT molecular complexity index is 1040. The van der Waals surface area contributed by atoms with Gasteiger partial charge in [0.2, 0.25) is 0 Å². The Labute approximate surface area is 195 Å². The summed E-state index contributed by atoms with van der Waals surface area (Å²) in [7, 11) is 5.46. The van der Waals surface area contributed by atoms with Crippen LogP contribution in [0, 0.1) is 6.92 Å². The van der Waals surface area contributed by atoms with E-state index in [0.717, 1.165) is 12.1 Å². The molecule has 1 amide bonds. The van der Waals surface area contributed by atoms with Crippen molar-refractivity contribution in [1.82, 2.24) is 9.80 Å². The number of carbonyl (C=O) groups excluding carboxylic acids is 2. The van der Waals surface area contributed by atoms with Crippen LogP contribution in [0.2, 0.25) is 0 Å². The number of carbonyl (C=O) groups is 2. The van der Waals surface area contributed by atoms with Crippen LogP contribution in [0.3, 0.4) is 0 Å². The topological polar surface area (TPSA) is 79.3 Å². The van der Waals surface area contributed by atoms with Gasteiger partial charge >= 0.3 is 0 Å². The summed E-state index contributed by atoms with van der Waals surface area (Å²) in [4.78, 5) is 29.7. The van der Waals surface area contributed by atoms with E-state index in [9.17, 15) is 14.7 Å². The molecule has 1 fully saturated rings. The molecule has 0 radical (unpaired) electrons. The minimum absolute atomic E-state index is 0.0833. The average Bonchev–Trinajstić information content (AvgIpc) is 3.04. The molecule has 2 aromatic rings. The number of ether oxygens (including phenoxy) is 2. The van der Waals surface area contributed by atoms with Gasteiger partial charge in [0.1, 0.15) is 5.76 Å². The van der Waals surface area contributed by atoms with Gasteiger partial charge in [-0.15, -0.1) is 0 Å². The van der Waals surface area contributed by atoms with E-state index < -0.39 is 17.7 Å². The van der Waals surface area contributed by atoms with Crippen LogP contribution in [-0.2, 0) is 9.59 Å². The van der Waals surface area contributed by atoms with E-state index >= 15 is 0 Å². The number of benzene rings is 2. The van der Waals surface area contributed by atoms with Crippen LogP contribution in [0.25, 0.3) is 5.76 Å². The number of nitrogens with zero attached hydrogens (tertiary/aromatic N) is 2. The van der Waals surface area contributed by atoms with Gasteiger partial charge in [-0.1, -0.05) is 35.9 Å². The number of ketones is 1. The van der Waals surface area contributed by atoms with E-state index in [4.69, 9.17) is 9.47 Å². The quantitative estimate of drug-likeness (QED) is 0.354. The van der Waals surface area contributed by atoms with Crippen LogP contribution in [0.15, 0.2) is 48.0 Å². The molecule has 1 N–H and O–H groups in total. The summed E-state index contributed by atoms with van der Waals surface area (Å²) >= 11 is 0. The fourth-order valence-corrected chi connectivity index (χ4v) is 4.01. The normalized spacial score (nSPS) is 17.6. The van der Waals surface area contributed by atoms with Crippen molar-refractivity contribution in [3.05, 3.63) is 64.7 Å². The van der Waals surface area contributed by atoms with Gasteiger partial charge in [-0.3, -0.25) is 9.59 Å². The molecule has 0 aromatic heterocycles. The van der Waals surface area contributed by atoms with Crippen molar-refractivity contribution in [1.29, 1.82) is 0 Å². The fraction of sp³-hybridized carbons (Fsp3) is 0.385. The van der Waals surface area contributed by atoms with Crippen molar-refractivity contribution in [2.75, 3.05) is 40.9 Å². The number of Topliss-reactive ketones (excluding diaryl/α,β-unsaturated/α-hetero) is 1. The molecule has 1 saturated heterocycles. The maximum Gasteiger partial charge on any atom is 0.295 e. The average molecular weight is 453 g/mol. The maximum atomic E-state index is 13.1. The van der Waals surface area contributed by atoms with Gasteiger partial charge in [0.05, 0.1) is 25.3 Å². The van der Waals surface area contributed by atoms with E-state index in [1.807, 2.05) is 51.0 Å². The molecule has 1 atom stereocenters. The highest BCUT2D eigenvalue weighted by Gasteiger charge is 2.46. The zero-order valence-electron chi connectivity index (χ0n) is 19.9. The molecule has 1 aliphatic rings. The summed E-state index contributed by atoms with van der Waals surface area (Å²) in [5.41, 5.74) is 2.28. The highest BCUT2D eigenvalue weighted by Crippen LogP contribution is 2.42. The largest absolute Gasteiger partial charge is 0.507 e. The predicted molar refractivity (Wildman–Crippen MR) is 128 cm³/mol. The lowest BCUT2D eigenvalue weighted by Crippen LogP contribution is -2.32. The van der Waals surface area contributed by atoms with Gasteiger partial charge < -0.3 is 24.4 Å². The number of aryl methyl sites for hydroxylation is 1. The summed E-state index contributed by atoms with van der Waals surface area (Å²) in [5.74, 6) is -0.396. The second kappa shape index (κ2) is 10.5. The van der Waals surface area contributed by atoms with E-state index in [2.05, 4.69) is 0 Å². The highest BCUT2D eigenvalue weighted by molar-refractivity contribution is 6.46. The number of hydrogen-bond donors (Lipinski definition) is 1. The maximum absolute atomic E-state index is 13.1. The molecule has 33 heavy (non-hydrogen) atoms. The molecule has 0 aliphatic carbocycles. The zero-order chi connectivity index (χ0) is 24.1. The number of aliphatic hydroxyl groups excluding tert-OH is 1. The summed E-state index contributed by atoms with van der Waals surface area (Å²) in [6.45, 7) is 5.45. The van der Waals surface area contributed by atoms with Crippen molar-refractivity contribution in [3.63, 3.8) is 0 Å². The van der Waals surface area contributed by atoms with E-state index in [1.165, 1.54) is 0 Å². The van der Waals surface area contributed by atoms with Crippen molar-refractivity contribution in [2.45, 2.75) is 26.3 Å². The van der Waals surface area contributed by atoms with E-state index in [1.54, 1.807) is 36.3 Å². The predicted octanol–water partition coefficient (Wildman–Crippen LogP) is 3.78. The lowest BCUT2D eigenvalue weighted by Gasteiger charge is -2.26. The van der Waals surface area contributed by atoms with Crippen molar-refractivity contribution in [2.24, 2.45) is 0 Å². The van der Waals surface area contributed by atoms with Gasteiger partial charge in [0.15, 0.2) is 11.5 Å². The Kier molecular flexibility index (Phi) is 7.76. The summed E-state index contributed by atoms with van der Waals surface area (Å²) in [5, 5.41) is 11.1. The van der Waals surface area contributed by atoms with Crippen molar-refractivity contribution in [3.8, 4) is 11.5 Å². The van der Waals surface area contributed by atoms with Crippen molar-refractivity contribution < 1.29 is 24.2 Å². The third-order valence-corrected chi connectivity index (χ3v) is 5.67. The van der Waals surface area contributed by atoms with Crippen LogP contribution in [0.4, 0.5) is 0 Å². The molecule has 7 nitrogen and oxygen atoms in total. The van der Waals surface area contributed by atoms with E-state index in [0.29, 0.717) is 42.2 Å². The SMILES string of the molecule is CCOc1ccc([C@@H]2/C(=C(\O)c3ccc(C)cc3)C(=O)C(=O)N2CCCN(C)C)cc1OC. The number of rotatable bonds is 9. The monoisotopic (exact) mass is 452 g/mol. The molecule has 7 heteroatoms. The van der Waals surface area contributed by atoms with Gasteiger partial charge in [0, 0.05) is 12.1 Å². The summed E-state index contributed by atoms with van der Waals surface area (Å²) < 4.78 is 11.1. The number of likely N-dealkylation sites (tertiary alicyclic amines) is 1. The molecule has 0 unspecified atom stereocenters. The summed E-state index contributed by atoms with van der Waals surface area (Å²) in [6, 6.07) is 11.8. The smallest absolute Gasteiger partial charge is 0.295 e.